The first kappa shape index (κ1) is 24.7. The third-order valence-corrected chi connectivity index (χ3v) is 8.45. The molecule has 2 N–H and O–H groups in total. The molecule has 0 unspecified atom stereocenters. The number of nitrogen functional groups attached to an aromatic ring is 1. The van der Waals surface area contributed by atoms with Crippen LogP contribution in [-0.4, -0.2) is 45.2 Å². The summed E-state index contributed by atoms with van der Waals surface area (Å²) in [5, 5.41) is 0.585. The lowest BCUT2D eigenvalue weighted by atomic mass is 9.88. The van der Waals surface area contributed by atoms with Crippen molar-refractivity contribution in [3.05, 3.63) is 76.8 Å². The lowest BCUT2D eigenvalue weighted by molar-refractivity contribution is -0.0722. The number of hydrogen-bond donors (Lipinski definition) is 1. The van der Waals surface area contributed by atoms with Crippen molar-refractivity contribution in [2.45, 2.75) is 57.1 Å². The standard InChI is InChI=1S/C30H32ClN5O3/c1-30(27-8-5-20(31)16-33-27)38-26-4-2-3-23(29(26)39-30)19-9-12-35(13-10-19)18-28-34-24-7-6-21(32)15-25(24)36(28)17-22-11-14-37-22/h2-8,15-16,19,22H,9-14,17-18,32H2,1H3/t22-,30-/m0/s1. The number of fused-ring (bicyclic) bond motifs is 2. The van der Waals surface area contributed by atoms with Crippen molar-refractivity contribution in [1.29, 1.82) is 0 Å². The molecule has 3 aliphatic rings. The summed E-state index contributed by atoms with van der Waals surface area (Å²) in [4.78, 5) is 11.9. The second-order valence-electron chi connectivity index (χ2n) is 10.9. The summed E-state index contributed by atoms with van der Waals surface area (Å²) in [6, 6.07) is 15.8. The molecule has 0 aliphatic carbocycles. The first-order chi connectivity index (χ1) is 18.9. The number of rotatable bonds is 6. The number of imidazole rings is 1. The largest absolute Gasteiger partial charge is 0.443 e. The Kier molecular flexibility index (Phi) is 6.14. The Labute approximate surface area is 232 Å². The Balaban J connectivity index is 1.07. The van der Waals surface area contributed by atoms with Crippen LogP contribution in [-0.2, 0) is 23.6 Å². The average molecular weight is 546 g/mol. The lowest BCUT2D eigenvalue weighted by Crippen LogP contribution is -2.35. The number of ether oxygens (including phenoxy) is 3. The van der Waals surface area contributed by atoms with Crippen LogP contribution in [0.1, 0.15) is 49.2 Å². The van der Waals surface area contributed by atoms with Crippen LogP contribution in [0.4, 0.5) is 5.69 Å². The van der Waals surface area contributed by atoms with E-state index in [9.17, 15) is 0 Å². The molecule has 7 rings (SSSR count). The third-order valence-electron chi connectivity index (χ3n) is 8.23. The van der Waals surface area contributed by atoms with E-state index in [0.717, 1.165) is 86.1 Å². The van der Waals surface area contributed by atoms with Crippen LogP contribution >= 0.6 is 11.6 Å². The Hall–Kier alpha value is -3.33. The van der Waals surface area contributed by atoms with Crippen molar-refractivity contribution >= 4 is 28.3 Å². The molecule has 3 aliphatic heterocycles. The van der Waals surface area contributed by atoms with Crippen molar-refractivity contribution in [1.82, 2.24) is 19.4 Å². The van der Waals surface area contributed by atoms with Crippen LogP contribution in [0.15, 0.2) is 54.7 Å². The minimum atomic E-state index is -0.976. The number of pyridine rings is 1. The van der Waals surface area contributed by atoms with Crippen LogP contribution in [0, 0.1) is 0 Å². The van der Waals surface area contributed by atoms with Gasteiger partial charge in [-0.25, -0.2) is 4.98 Å². The highest BCUT2D eigenvalue weighted by Gasteiger charge is 2.42. The van der Waals surface area contributed by atoms with Gasteiger partial charge in [0.1, 0.15) is 11.5 Å². The highest BCUT2D eigenvalue weighted by molar-refractivity contribution is 6.30. The van der Waals surface area contributed by atoms with Gasteiger partial charge in [0.2, 0.25) is 0 Å². The first-order valence-corrected chi connectivity index (χ1v) is 14.0. The molecule has 0 amide bonds. The number of benzene rings is 2. The molecule has 5 heterocycles. The zero-order valence-corrected chi connectivity index (χ0v) is 22.7. The maximum atomic E-state index is 6.46. The van der Waals surface area contributed by atoms with Gasteiger partial charge < -0.3 is 24.5 Å². The molecule has 8 nitrogen and oxygen atoms in total. The summed E-state index contributed by atoms with van der Waals surface area (Å²) in [6.45, 7) is 6.34. The second-order valence-corrected chi connectivity index (χ2v) is 11.3. The summed E-state index contributed by atoms with van der Waals surface area (Å²) >= 11 is 6.05. The number of nitrogens with zero attached hydrogens (tertiary/aromatic N) is 4. The summed E-state index contributed by atoms with van der Waals surface area (Å²) < 4.78 is 20.8. The third kappa shape index (κ3) is 4.60. The van der Waals surface area contributed by atoms with E-state index in [1.165, 1.54) is 5.56 Å². The number of nitrogens with two attached hydrogens (primary N) is 1. The van der Waals surface area contributed by atoms with E-state index in [-0.39, 0.29) is 6.10 Å². The Bertz CT molecular complexity index is 1510. The Morgan fingerprint density at radius 2 is 1.92 bits per heavy atom. The lowest BCUT2D eigenvalue weighted by Gasteiger charge is -2.33. The summed E-state index contributed by atoms with van der Waals surface area (Å²) in [5.41, 5.74) is 10.9. The number of aromatic nitrogens is 3. The maximum absolute atomic E-state index is 6.46. The highest BCUT2D eigenvalue weighted by atomic mass is 35.5. The van der Waals surface area contributed by atoms with E-state index in [4.69, 9.17) is 36.5 Å². The Morgan fingerprint density at radius 3 is 2.67 bits per heavy atom. The van der Waals surface area contributed by atoms with E-state index in [1.807, 2.05) is 43.3 Å². The molecule has 2 saturated heterocycles. The molecular formula is C30H32ClN5O3. The average Bonchev–Trinajstić information content (AvgIpc) is 3.43. The SMILES string of the molecule is C[C@]1(c2ccc(Cl)cn2)Oc2cccc(C3CCN(Cc4nc5ccc(N)cc5n4C[C@@H]4CCO4)CC3)c2O1. The van der Waals surface area contributed by atoms with Gasteiger partial charge in [-0.15, -0.1) is 0 Å². The predicted octanol–water partition coefficient (Wildman–Crippen LogP) is 5.48. The molecule has 2 atom stereocenters. The van der Waals surface area contributed by atoms with Gasteiger partial charge in [0.25, 0.3) is 5.79 Å². The van der Waals surface area contributed by atoms with Crippen LogP contribution in [0.3, 0.4) is 0 Å². The molecular weight excluding hydrogens is 514 g/mol. The fourth-order valence-corrected chi connectivity index (χ4v) is 6.08. The second kappa shape index (κ2) is 9.70. The molecule has 2 aromatic heterocycles. The molecule has 2 fully saturated rings. The van der Waals surface area contributed by atoms with E-state index in [1.54, 1.807) is 6.20 Å². The number of likely N-dealkylation sites (tertiary alicyclic amines) is 1. The van der Waals surface area contributed by atoms with Gasteiger partial charge in [-0.2, -0.15) is 0 Å². The maximum Gasteiger partial charge on any atom is 0.292 e. The van der Waals surface area contributed by atoms with Gasteiger partial charge in [-0.1, -0.05) is 23.7 Å². The van der Waals surface area contributed by atoms with Crippen molar-refractivity contribution in [3.63, 3.8) is 0 Å². The van der Waals surface area contributed by atoms with Crippen LogP contribution < -0.4 is 15.2 Å². The zero-order valence-electron chi connectivity index (χ0n) is 22.0. The quantitative estimate of drug-likeness (QED) is 0.321. The van der Waals surface area contributed by atoms with Crippen molar-refractivity contribution in [2.75, 3.05) is 25.4 Å². The normalized spacial score (nSPS) is 23.3. The van der Waals surface area contributed by atoms with Crippen molar-refractivity contribution < 1.29 is 14.2 Å². The molecule has 0 radical (unpaired) electrons. The van der Waals surface area contributed by atoms with E-state index in [0.29, 0.717) is 16.6 Å². The van der Waals surface area contributed by atoms with Crippen LogP contribution in [0.2, 0.25) is 5.02 Å². The predicted molar refractivity (Wildman–Crippen MR) is 150 cm³/mol. The molecule has 4 aromatic rings. The van der Waals surface area contributed by atoms with Crippen LogP contribution in [0.25, 0.3) is 11.0 Å². The van der Waals surface area contributed by atoms with Gasteiger partial charge in [-0.3, -0.25) is 9.88 Å². The summed E-state index contributed by atoms with van der Waals surface area (Å²) in [5.74, 6) is 2.09. The molecule has 0 spiro atoms. The zero-order chi connectivity index (χ0) is 26.6. The molecule has 0 bridgehead atoms. The van der Waals surface area contributed by atoms with Crippen molar-refractivity contribution in [2.24, 2.45) is 0 Å². The number of halogens is 1. The summed E-state index contributed by atoms with van der Waals surface area (Å²) in [6.07, 6.45) is 5.04. The van der Waals surface area contributed by atoms with E-state index in [2.05, 4.69) is 26.6 Å². The number of hydrogen-bond acceptors (Lipinski definition) is 7. The van der Waals surface area contributed by atoms with Gasteiger partial charge in [0.05, 0.1) is 35.2 Å². The topological polar surface area (TPSA) is 87.7 Å². The molecule has 2 aromatic carbocycles. The smallest absolute Gasteiger partial charge is 0.292 e. The number of para-hydroxylation sites is 1. The fourth-order valence-electron chi connectivity index (χ4n) is 5.97. The van der Waals surface area contributed by atoms with E-state index >= 15 is 0 Å². The van der Waals surface area contributed by atoms with Gasteiger partial charge in [-0.05, 0) is 74.7 Å². The van der Waals surface area contributed by atoms with E-state index < -0.39 is 5.79 Å². The minimum Gasteiger partial charge on any atom is -0.443 e. The van der Waals surface area contributed by atoms with Gasteiger partial charge in [0.15, 0.2) is 11.5 Å². The Morgan fingerprint density at radius 1 is 1.08 bits per heavy atom. The van der Waals surface area contributed by atoms with Gasteiger partial charge in [0, 0.05) is 31.0 Å². The first-order valence-electron chi connectivity index (χ1n) is 13.7. The number of anilines is 1. The fraction of sp³-hybridized carbons (Fsp3) is 0.400. The monoisotopic (exact) mass is 545 g/mol. The highest BCUT2D eigenvalue weighted by Crippen LogP contribution is 2.49. The summed E-state index contributed by atoms with van der Waals surface area (Å²) in [7, 11) is 0. The molecule has 202 valence electrons. The molecule has 39 heavy (non-hydrogen) atoms. The van der Waals surface area contributed by atoms with Gasteiger partial charge >= 0.3 is 0 Å². The van der Waals surface area contributed by atoms with Crippen molar-refractivity contribution in [3.8, 4) is 11.5 Å². The molecule has 0 saturated carbocycles. The number of piperidine rings is 1. The minimum absolute atomic E-state index is 0.254. The molecule has 9 heteroatoms. The van der Waals surface area contributed by atoms with Crippen LogP contribution in [0.5, 0.6) is 11.5 Å².